The van der Waals surface area contributed by atoms with E-state index in [-0.39, 0.29) is 17.6 Å². The molecule has 1 N–H and O–H groups in total. The van der Waals surface area contributed by atoms with E-state index in [4.69, 9.17) is 9.15 Å². The minimum Gasteiger partial charge on any atom is -0.497 e. The summed E-state index contributed by atoms with van der Waals surface area (Å²) in [5.41, 5.74) is 3.23. The summed E-state index contributed by atoms with van der Waals surface area (Å²) in [6, 6.07) is 22.5. The smallest absolute Gasteiger partial charge is 0.277 e. The molecule has 200 valence electrons. The number of hydrogen-bond donors (Lipinski definition) is 1. The molecule has 3 aromatic carbocycles. The molecular weight excluding hydrogens is 582 g/mol. The summed E-state index contributed by atoms with van der Waals surface area (Å²) < 4.78 is 11.8. The van der Waals surface area contributed by atoms with Gasteiger partial charge in [-0.25, -0.2) is 0 Å². The Morgan fingerprint density at radius 3 is 2.31 bits per heavy atom. The number of aromatic nitrogens is 2. The van der Waals surface area contributed by atoms with Gasteiger partial charge >= 0.3 is 0 Å². The topological polar surface area (TPSA) is 101 Å². The third kappa shape index (κ3) is 6.79. The number of halogens is 1. The lowest BCUT2D eigenvalue weighted by molar-refractivity contribution is -0.113. The maximum Gasteiger partial charge on any atom is 0.277 e. The van der Waals surface area contributed by atoms with E-state index in [1.54, 1.807) is 7.11 Å². The second kappa shape index (κ2) is 12.4. The standard InChI is InChI=1S/C28H26BrN5O4S/c1-37-24-12-4-19(5-13-24)26-31-32-28(38-26)39-18-25(35)30-22-8-10-23(11-9-22)33-14-16-34(17-15-33)27(36)20-2-6-21(29)7-3-20/h2-13H,14-18H2,1H3,(H,30,35). The van der Waals surface area contributed by atoms with Gasteiger partial charge in [-0.05, 0) is 72.8 Å². The quantitative estimate of drug-likeness (QED) is 0.273. The number of nitrogens with one attached hydrogen (secondary N) is 1. The Morgan fingerprint density at radius 1 is 0.949 bits per heavy atom. The molecule has 0 aliphatic carbocycles. The summed E-state index contributed by atoms with van der Waals surface area (Å²) in [5, 5.41) is 11.3. The first-order valence-electron chi connectivity index (χ1n) is 12.3. The molecule has 1 aliphatic rings. The Morgan fingerprint density at radius 2 is 1.64 bits per heavy atom. The molecular formula is C28H26BrN5O4S. The number of ether oxygens (including phenoxy) is 1. The number of anilines is 2. The molecule has 5 rings (SSSR count). The number of benzene rings is 3. The summed E-state index contributed by atoms with van der Waals surface area (Å²) in [4.78, 5) is 29.4. The number of methoxy groups -OCH3 is 1. The van der Waals surface area contributed by atoms with Gasteiger partial charge in [0.05, 0.1) is 12.9 Å². The molecule has 2 amide bonds. The minimum absolute atomic E-state index is 0.0514. The van der Waals surface area contributed by atoms with Crippen LogP contribution in [0.4, 0.5) is 11.4 Å². The fraction of sp³-hybridized carbons (Fsp3) is 0.214. The largest absolute Gasteiger partial charge is 0.497 e. The lowest BCUT2D eigenvalue weighted by atomic mass is 10.1. The molecule has 11 heteroatoms. The van der Waals surface area contributed by atoms with Crippen molar-refractivity contribution in [2.45, 2.75) is 5.22 Å². The number of amides is 2. The van der Waals surface area contributed by atoms with Crippen molar-refractivity contribution in [1.29, 1.82) is 0 Å². The van der Waals surface area contributed by atoms with Gasteiger partial charge in [0.25, 0.3) is 11.1 Å². The number of hydrogen-bond acceptors (Lipinski definition) is 8. The highest BCUT2D eigenvalue weighted by Crippen LogP contribution is 2.25. The summed E-state index contributed by atoms with van der Waals surface area (Å²) in [5.74, 6) is 1.15. The van der Waals surface area contributed by atoms with Crippen LogP contribution in [0, 0.1) is 0 Å². The highest BCUT2D eigenvalue weighted by atomic mass is 79.9. The third-order valence-corrected chi connectivity index (χ3v) is 7.59. The van der Waals surface area contributed by atoms with Crippen molar-refractivity contribution in [2.75, 3.05) is 49.3 Å². The van der Waals surface area contributed by atoms with Gasteiger partial charge in [0.2, 0.25) is 11.8 Å². The molecule has 1 aromatic heterocycles. The van der Waals surface area contributed by atoms with E-state index in [0.29, 0.717) is 35.5 Å². The van der Waals surface area contributed by atoms with E-state index in [0.717, 1.165) is 34.6 Å². The van der Waals surface area contributed by atoms with Crippen LogP contribution in [0.15, 0.2) is 86.9 Å². The van der Waals surface area contributed by atoms with Gasteiger partial charge < -0.3 is 24.3 Å². The Kier molecular flexibility index (Phi) is 8.48. The maximum atomic E-state index is 12.8. The van der Waals surface area contributed by atoms with Crippen LogP contribution in [-0.2, 0) is 4.79 Å². The molecule has 1 aliphatic heterocycles. The van der Waals surface area contributed by atoms with Crippen molar-refractivity contribution in [2.24, 2.45) is 0 Å². The van der Waals surface area contributed by atoms with E-state index in [1.165, 1.54) is 11.8 Å². The van der Waals surface area contributed by atoms with Gasteiger partial charge in [-0.1, -0.05) is 27.7 Å². The fourth-order valence-electron chi connectivity index (χ4n) is 4.14. The first-order chi connectivity index (χ1) is 19.0. The van der Waals surface area contributed by atoms with E-state index >= 15 is 0 Å². The third-order valence-electron chi connectivity index (χ3n) is 6.24. The Balaban J connectivity index is 1.08. The van der Waals surface area contributed by atoms with E-state index in [9.17, 15) is 9.59 Å². The van der Waals surface area contributed by atoms with Gasteiger partial charge in [0, 0.05) is 53.2 Å². The summed E-state index contributed by atoms with van der Waals surface area (Å²) >= 11 is 4.58. The van der Waals surface area contributed by atoms with Crippen LogP contribution in [0.3, 0.4) is 0 Å². The molecule has 1 fully saturated rings. The minimum atomic E-state index is -0.169. The van der Waals surface area contributed by atoms with Crippen LogP contribution in [0.2, 0.25) is 0 Å². The fourth-order valence-corrected chi connectivity index (χ4v) is 4.97. The van der Waals surface area contributed by atoms with Crippen LogP contribution in [-0.4, -0.2) is 66.0 Å². The Bertz CT molecular complexity index is 1420. The monoisotopic (exact) mass is 607 g/mol. The molecule has 0 unspecified atom stereocenters. The molecule has 1 saturated heterocycles. The number of carbonyl (C=O) groups is 2. The van der Waals surface area contributed by atoms with E-state index in [1.807, 2.05) is 77.7 Å². The van der Waals surface area contributed by atoms with Crippen LogP contribution < -0.4 is 15.0 Å². The predicted octanol–water partition coefficient (Wildman–Crippen LogP) is 5.20. The zero-order chi connectivity index (χ0) is 27.2. The van der Waals surface area contributed by atoms with Crippen LogP contribution in [0.25, 0.3) is 11.5 Å². The van der Waals surface area contributed by atoms with Crippen molar-refractivity contribution in [3.63, 3.8) is 0 Å². The summed E-state index contributed by atoms with van der Waals surface area (Å²) in [6.45, 7) is 2.79. The van der Waals surface area contributed by atoms with Crippen molar-refractivity contribution in [3.05, 3.63) is 82.8 Å². The SMILES string of the molecule is COc1ccc(-c2nnc(SCC(=O)Nc3ccc(N4CCN(C(=O)c5ccc(Br)cc5)CC4)cc3)o2)cc1. The first kappa shape index (κ1) is 26.8. The number of rotatable bonds is 8. The normalized spacial score (nSPS) is 13.3. The average molecular weight is 609 g/mol. The Labute approximate surface area is 238 Å². The van der Waals surface area contributed by atoms with Gasteiger partial charge in [0.1, 0.15) is 5.75 Å². The molecule has 39 heavy (non-hydrogen) atoms. The van der Waals surface area contributed by atoms with Crippen LogP contribution in [0.1, 0.15) is 10.4 Å². The van der Waals surface area contributed by atoms with Crippen molar-refractivity contribution >= 4 is 50.9 Å². The number of thioether (sulfide) groups is 1. The molecule has 2 heterocycles. The van der Waals surface area contributed by atoms with E-state index in [2.05, 4.69) is 36.3 Å². The molecule has 0 radical (unpaired) electrons. The maximum absolute atomic E-state index is 12.8. The van der Waals surface area contributed by atoms with E-state index < -0.39 is 0 Å². The molecule has 0 atom stereocenters. The second-order valence-corrected chi connectivity index (χ2v) is 10.6. The summed E-state index contributed by atoms with van der Waals surface area (Å²) in [6.07, 6.45) is 0. The summed E-state index contributed by atoms with van der Waals surface area (Å²) in [7, 11) is 1.61. The van der Waals surface area contributed by atoms with Crippen molar-refractivity contribution in [3.8, 4) is 17.2 Å². The van der Waals surface area contributed by atoms with Crippen LogP contribution >= 0.6 is 27.7 Å². The molecule has 0 saturated carbocycles. The van der Waals surface area contributed by atoms with Gasteiger partial charge in [-0.15, -0.1) is 10.2 Å². The average Bonchev–Trinajstić information content (AvgIpc) is 3.46. The van der Waals surface area contributed by atoms with Gasteiger partial charge in [-0.3, -0.25) is 9.59 Å². The van der Waals surface area contributed by atoms with Gasteiger partial charge in [0.15, 0.2) is 0 Å². The Hall–Kier alpha value is -3.83. The van der Waals surface area contributed by atoms with Crippen molar-refractivity contribution in [1.82, 2.24) is 15.1 Å². The number of nitrogens with zero attached hydrogens (tertiary/aromatic N) is 4. The second-order valence-electron chi connectivity index (χ2n) is 8.77. The first-order valence-corrected chi connectivity index (χ1v) is 14.1. The highest BCUT2D eigenvalue weighted by Gasteiger charge is 2.22. The molecule has 0 bridgehead atoms. The molecule has 0 spiro atoms. The lowest BCUT2D eigenvalue weighted by Gasteiger charge is -2.36. The highest BCUT2D eigenvalue weighted by molar-refractivity contribution is 9.10. The zero-order valence-corrected chi connectivity index (χ0v) is 23.6. The molecule has 4 aromatic rings. The molecule has 9 nitrogen and oxygen atoms in total. The number of carbonyl (C=O) groups excluding carboxylic acids is 2. The van der Waals surface area contributed by atoms with Crippen LogP contribution in [0.5, 0.6) is 5.75 Å². The lowest BCUT2D eigenvalue weighted by Crippen LogP contribution is -2.48. The predicted molar refractivity (Wildman–Crippen MR) is 154 cm³/mol. The number of piperazine rings is 1. The zero-order valence-electron chi connectivity index (χ0n) is 21.2. The van der Waals surface area contributed by atoms with Crippen molar-refractivity contribution < 1.29 is 18.7 Å². The van der Waals surface area contributed by atoms with Gasteiger partial charge in [-0.2, -0.15) is 0 Å².